The first kappa shape index (κ1) is 11.5. The highest BCUT2D eigenvalue weighted by atomic mass is 16.5. The van der Waals surface area contributed by atoms with E-state index in [1.165, 1.54) is 0 Å². The summed E-state index contributed by atoms with van der Waals surface area (Å²) in [6.45, 7) is 1.51. The second-order valence-corrected chi connectivity index (χ2v) is 4.37. The van der Waals surface area contributed by atoms with E-state index in [2.05, 4.69) is 26.5 Å². The van der Waals surface area contributed by atoms with Crippen LogP contribution in [0.1, 0.15) is 0 Å². The molecule has 1 fully saturated rings. The average Bonchev–Trinajstić information content (AvgIpc) is 2.89. The van der Waals surface area contributed by atoms with Gasteiger partial charge in [-0.3, -0.25) is 15.7 Å². The number of benzene rings is 1. The molecule has 1 aromatic rings. The number of rotatable bonds is 2. The van der Waals surface area contributed by atoms with Gasteiger partial charge in [-0.05, 0) is 24.3 Å². The van der Waals surface area contributed by atoms with Gasteiger partial charge in [0.05, 0.1) is 25.9 Å². The Kier molecular flexibility index (Phi) is 3.14. The Labute approximate surface area is 106 Å². The van der Waals surface area contributed by atoms with E-state index in [9.17, 15) is 0 Å². The molecular weight excluding hydrogens is 230 g/mol. The third-order valence-electron chi connectivity index (χ3n) is 3.26. The van der Waals surface area contributed by atoms with Crippen LogP contribution >= 0.6 is 0 Å². The third kappa shape index (κ3) is 2.17. The number of methoxy groups -OCH3 is 1. The summed E-state index contributed by atoms with van der Waals surface area (Å²) in [6, 6.07) is 7.86. The molecule has 4 N–H and O–H groups in total. The van der Waals surface area contributed by atoms with Gasteiger partial charge in [-0.15, -0.1) is 0 Å². The van der Waals surface area contributed by atoms with Gasteiger partial charge in [-0.2, -0.15) is 0 Å². The summed E-state index contributed by atoms with van der Waals surface area (Å²) in [5, 5.41) is 6.67. The molecular formula is C12H17N5O. The zero-order valence-corrected chi connectivity index (χ0v) is 10.2. The van der Waals surface area contributed by atoms with Gasteiger partial charge in [0, 0.05) is 12.2 Å². The standard InChI is InChI=1S/C12H17N5O/c1-18-9-4-2-8(3-5-9)16-11-10-6-15-17-12(10)14-7-13-11/h2-5,10,12,14-15,17H,6-7H2,1H3,(H,13,16). The minimum absolute atomic E-state index is 0.253. The van der Waals surface area contributed by atoms with Crippen molar-refractivity contribution in [3.8, 4) is 5.75 Å². The van der Waals surface area contributed by atoms with E-state index in [4.69, 9.17) is 4.74 Å². The first-order valence-corrected chi connectivity index (χ1v) is 6.04. The summed E-state index contributed by atoms with van der Waals surface area (Å²) < 4.78 is 5.14. The highest BCUT2D eigenvalue weighted by molar-refractivity contribution is 5.98. The van der Waals surface area contributed by atoms with Crippen LogP contribution in [0.2, 0.25) is 0 Å². The Bertz CT molecular complexity index is 444. The molecule has 96 valence electrons. The van der Waals surface area contributed by atoms with Crippen molar-refractivity contribution in [2.75, 3.05) is 25.6 Å². The van der Waals surface area contributed by atoms with Crippen molar-refractivity contribution < 1.29 is 4.74 Å². The van der Waals surface area contributed by atoms with Crippen LogP contribution in [-0.2, 0) is 0 Å². The lowest BCUT2D eigenvalue weighted by atomic mass is 10.1. The highest BCUT2D eigenvalue weighted by Crippen LogP contribution is 2.18. The quantitative estimate of drug-likeness (QED) is 0.597. The molecule has 0 radical (unpaired) electrons. The fourth-order valence-electron chi connectivity index (χ4n) is 2.25. The maximum Gasteiger partial charge on any atom is 0.119 e. The second-order valence-electron chi connectivity index (χ2n) is 4.37. The lowest BCUT2D eigenvalue weighted by molar-refractivity contribution is 0.415. The zero-order valence-electron chi connectivity index (χ0n) is 10.2. The van der Waals surface area contributed by atoms with Crippen molar-refractivity contribution in [1.82, 2.24) is 16.2 Å². The monoisotopic (exact) mass is 247 g/mol. The molecule has 1 saturated heterocycles. The van der Waals surface area contributed by atoms with Crippen molar-refractivity contribution in [1.29, 1.82) is 0 Å². The van der Waals surface area contributed by atoms with Crippen LogP contribution in [0.5, 0.6) is 5.75 Å². The number of nitrogens with zero attached hydrogens (tertiary/aromatic N) is 1. The Balaban J connectivity index is 1.73. The molecule has 0 amide bonds. The van der Waals surface area contributed by atoms with E-state index in [0.29, 0.717) is 12.6 Å². The molecule has 2 unspecified atom stereocenters. The van der Waals surface area contributed by atoms with Crippen LogP contribution in [-0.4, -0.2) is 32.3 Å². The van der Waals surface area contributed by atoms with Gasteiger partial charge in [-0.25, -0.2) is 5.43 Å². The molecule has 0 aromatic heterocycles. The molecule has 0 saturated carbocycles. The van der Waals surface area contributed by atoms with Crippen LogP contribution in [0, 0.1) is 5.92 Å². The van der Waals surface area contributed by atoms with Gasteiger partial charge in [0.15, 0.2) is 0 Å². The second kappa shape index (κ2) is 4.93. The van der Waals surface area contributed by atoms with Crippen LogP contribution in [0.15, 0.2) is 29.3 Å². The first-order valence-electron chi connectivity index (χ1n) is 6.04. The topological polar surface area (TPSA) is 69.7 Å². The van der Waals surface area contributed by atoms with Gasteiger partial charge >= 0.3 is 0 Å². The normalized spacial score (nSPS) is 26.4. The third-order valence-corrected chi connectivity index (χ3v) is 3.26. The number of anilines is 1. The molecule has 1 aromatic carbocycles. The molecule has 6 heteroatoms. The van der Waals surface area contributed by atoms with Crippen molar-refractivity contribution >= 4 is 11.5 Å². The van der Waals surface area contributed by atoms with Crippen molar-refractivity contribution in [3.63, 3.8) is 0 Å². The number of hydrogen-bond donors (Lipinski definition) is 4. The number of nitrogens with one attached hydrogen (secondary N) is 4. The molecule has 0 bridgehead atoms. The Morgan fingerprint density at radius 1 is 1.33 bits per heavy atom. The summed E-state index contributed by atoms with van der Waals surface area (Å²) >= 11 is 0. The fourth-order valence-corrected chi connectivity index (χ4v) is 2.25. The summed E-state index contributed by atoms with van der Waals surface area (Å²) in [7, 11) is 1.67. The smallest absolute Gasteiger partial charge is 0.119 e. The number of hydrazine groups is 1. The SMILES string of the molecule is COc1ccc(NC2=NCNC3NNCC23)cc1. The van der Waals surface area contributed by atoms with Gasteiger partial charge in [0.1, 0.15) is 11.6 Å². The van der Waals surface area contributed by atoms with Gasteiger partial charge in [0.2, 0.25) is 0 Å². The van der Waals surface area contributed by atoms with Gasteiger partial charge < -0.3 is 10.1 Å². The molecule has 2 heterocycles. The van der Waals surface area contributed by atoms with E-state index in [1.807, 2.05) is 24.3 Å². The van der Waals surface area contributed by atoms with Crippen molar-refractivity contribution in [2.45, 2.75) is 6.17 Å². The Morgan fingerprint density at radius 3 is 2.94 bits per heavy atom. The van der Waals surface area contributed by atoms with Crippen LogP contribution in [0.25, 0.3) is 0 Å². The number of amidine groups is 1. The average molecular weight is 247 g/mol. The summed E-state index contributed by atoms with van der Waals surface area (Å²) in [5.74, 6) is 2.21. The predicted octanol–water partition coefficient (Wildman–Crippen LogP) is 0.116. The van der Waals surface area contributed by atoms with Crippen LogP contribution in [0.4, 0.5) is 5.69 Å². The molecule has 0 aliphatic carbocycles. The fraction of sp³-hybridized carbons (Fsp3) is 0.417. The number of fused-ring (bicyclic) bond motifs is 1. The molecule has 2 aliphatic rings. The van der Waals surface area contributed by atoms with Crippen molar-refractivity contribution in [3.05, 3.63) is 24.3 Å². The van der Waals surface area contributed by atoms with E-state index >= 15 is 0 Å². The minimum atomic E-state index is 0.253. The lowest BCUT2D eigenvalue weighted by Crippen LogP contribution is -2.50. The van der Waals surface area contributed by atoms with E-state index < -0.39 is 0 Å². The Morgan fingerprint density at radius 2 is 2.17 bits per heavy atom. The highest BCUT2D eigenvalue weighted by Gasteiger charge is 2.33. The molecule has 18 heavy (non-hydrogen) atoms. The molecule has 2 aliphatic heterocycles. The number of hydrogen-bond acceptors (Lipinski definition) is 6. The number of aliphatic imine (C=N–C) groups is 1. The maximum atomic E-state index is 5.14. The molecule has 6 nitrogen and oxygen atoms in total. The molecule has 0 spiro atoms. The Hall–Kier alpha value is -1.63. The maximum absolute atomic E-state index is 5.14. The lowest BCUT2D eigenvalue weighted by Gasteiger charge is -2.26. The van der Waals surface area contributed by atoms with E-state index in [0.717, 1.165) is 23.8 Å². The first-order chi connectivity index (χ1) is 8.86. The van der Waals surface area contributed by atoms with Crippen LogP contribution < -0.4 is 26.2 Å². The summed E-state index contributed by atoms with van der Waals surface area (Å²) in [4.78, 5) is 4.49. The summed E-state index contributed by atoms with van der Waals surface area (Å²) in [5.41, 5.74) is 7.37. The zero-order chi connectivity index (χ0) is 12.4. The summed E-state index contributed by atoms with van der Waals surface area (Å²) in [6.07, 6.45) is 0.253. The molecule has 2 atom stereocenters. The van der Waals surface area contributed by atoms with Crippen molar-refractivity contribution in [2.24, 2.45) is 10.9 Å². The van der Waals surface area contributed by atoms with Crippen LogP contribution in [0.3, 0.4) is 0 Å². The van der Waals surface area contributed by atoms with Gasteiger partial charge in [0.25, 0.3) is 0 Å². The van der Waals surface area contributed by atoms with E-state index in [-0.39, 0.29) is 6.17 Å². The van der Waals surface area contributed by atoms with Gasteiger partial charge in [-0.1, -0.05) is 0 Å². The largest absolute Gasteiger partial charge is 0.497 e. The minimum Gasteiger partial charge on any atom is -0.497 e. The molecule has 3 rings (SSSR count). The number of ether oxygens (including phenoxy) is 1. The van der Waals surface area contributed by atoms with E-state index in [1.54, 1.807) is 7.11 Å². The predicted molar refractivity (Wildman–Crippen MR) is 70.5 cm³/mol.